The quantitative estimate of drug-likeness (QED) is 0.563. The van der Waals surface area contributed by atoms with E-state index in [0.717, 1.165) is 47.8 Å². The molecule has 3 aromatic rings. The van der Waals surface area contributed by atoms with Gasteiger partial charge in [0.05, 0.1) is 23.5 Å². The van der Waals surface area contributed by atoms with Crippen LogP contribution in [-0.2, 0) is 16.0 Å². The molecule has 3 heterocycles. The van der Waals surface area contributed by atoms with E-state index in [4.69, 9.17) is 5.73 Å². The summed E-state index contributed by atoms with van der Waals surface area (Å²) in [5.74, 6) is 0.303. The molecular weight excluding hydrogens is 332 g/mol. The lowest BCUT2D eigenvalue weighted by molar-refractivity contribution is -0.127. The molecule has 134 valence electrons. The molecule has 2 aliphatic carbocycles. The first kappa shape index (κ1) is 15.4. The monoisotopic (exact) mass is 352 g/mol. The Hall–Kier alpha value is -2.90. The van der Waals surface area contributed by atoms with Crippen LogP contribution in [0.15, 0.2) is 18.5 Å². The van der Waals surface area contributed by atoms with E-state index < -0.39 is 5.41 Å². The predicted octanol–water partition coefficient (Wildman–Crippen LogP) is 1.29. The zero-order valence-electron chi connectivity index (χ0n) is 14.3. The van der Waals surface area contributed by atoms with Gasteiger partial charge < -0.3 is 21.0 Å². The second kappa shape index (κ2) is 5.06. The Balaban J connectivity index is 1.35. The normalized spacial score (nSPS) is 27.4. The van der Waals surface area contributed by atoms with Gasteiger partial charge in [-0.05, 0) is 38.2 Å². The lowest BCUT2D eigenvalue weighted by Crippen LogP contribution is -2.45. The van der Waals surface area contributed by atoms with Crippen LogP contribution < -0.4 is 11.1 Å². The summed E-state index contributed by atoms with van der Waals surface area (Å²) in [6, 6.07) is 1.93. The summed E-state index contributed by atoms with van der Waals surface area (Å²) in [5, 5.41) is 4.09. The van der Waals surface area contributed by atoms with Crippen molar-refractivity contribution in [3.8, 4) is 0 Å². The van der Waals surface area contributed by atoms with Gasteiger partial charge >= 0.3 is 0 Å². The van der Waals surface area contributed by atoms with Crippen molar-refractivity contribution in [2.75, 3.05) is 0 Å². The molecule has 8 heteroatoms. The van der Waals surface area contributed by atoms with Crippen LogP contribution in [-0.4, -0.2) is 37.3 Å². The van der Waals surface area contributed by atoms with Crippen molar-refractivity contribution in [3.05, 3.63) is 24.3 Å². The number of nitrogens with zero attached hydrogens (tertiary/aromatic N) is 2. The van der Waals surface area contributed by atoms with Crippen LogP contribution in [0.1, 0.15) is 37.9 Å². The number of carbonyl (C=O) groups excluding carboxylic acids is 2. The molecule has 0 saturated heterocycles. The Morgan fingerprint density at radius 2 is 2.08 bits per heavy atom. The molecule has 0 unspecified atom stereocenters. The van der Waals surface area contributed by atoms with Gasteiger partial charge in [-0.2, -0.15) is 0 Å². The standard InChI is InChI=1S/C18H20N6O2/c19-16(26)17-2-4-18(9-17,5-3-17)24-13(25)7-12-22-11-8-21-15-10(1-6-20-15)14(11)23-12/h1,6,8H,2-5,7,9H2,(H2,19,26)(H,20,21)(H,22,23)(H,24,25). The number of rotatable bonds is 4. The number of fused-ring (bicyclic) bond motifs is 5. The number of hydrogen-bond donors (Lipinski definition) is 4. The highest BCUT2D eigenvalue weighted by Gasteiger charge is 2.57. The van der Waals surface area contributed by atoms with Gasteiger partial charge in [0.2, 0.25) is 11.8 Å². The van der Waals surface area contributed by atoms with Crippen LogP contribution in [0.5, 0.6) is 0 Å². The maximum atomic E-state index is 12.6. The molecule has 0 aliphatic heterocycles. The zero-order valence-corrected chi connectivity index (χ0v) is 14.3. The third-order valence-electron chi connectivity index (χ3n) is 6.18. The molecule has 5 N–H and O–H groups in total. The SMILES string of the molecule is NC(=O)C12CCC(NC(=O)Cc3nc4c(cnc5[nH]ccc54)[nH]3)(CC1)C2. The maximum absolute atomic E-state index is 12.6. The highest BCUT2D eigenvalue weighted by molar-refractivity contribution is 6.00. The average molecular weight is 352 g/mol. The van der Waals surface area contributed by atoms with Crippen LogP contribution in [0.25, 0.3) is 22.1 Å². The zero-order chi connectivity index (χ0) is 17.9. The minimum absolute atomic E-state index is 0.0792. The van der Waals surface area contributed by atoms with Gasteiger partial charge in [0.15, 0.2) is 0 Å². The molecule has 0 atom stereocenters. The fourth-order valence-corrected chi connectivity index (χ4v) is 4.81. The molecular formula is C18H20N6O2. The van der Waals surface area contributed by atoms with Gasteiger partial charge in [-0.3, -0.25) is 9.59 Å². The van der Waals surface area contributed by atoms with Crippen LogP contribution in [0.3, 0.4) is 0 Å². The fraction of sp³-hybridized carbons (Fsp3) is 0.444. The van der Waals surface area contributed by atoms with Gasteiger partial charge in [0.25, 0.3) is 0 Å². The second-order valence-corrected chi connectivity index (χ2v) is 7.77. The van der Waals surface area contributed by atoms with E-state index in [1.165, 1.54) is 0 Å². The number of aromatic nitrogens is 4. The summed E-state index contributed by atoms with van der Waals surface area (Å²) >= 11 is 0. The van der Waals surface area contributed by atoms with Crippen molar-refractivity contribution < 1.29 is 9.59 Å². The molecule has 0 radical (unpaired) electrons. The first-order valence-corrected chi connectivity index (χ1v) is 8.90. The molecule has 2 aliphatic rings. The molecule has 2 fully saturated rings. The average Bonchev–Trinajstić information content (AvgIpc) is 3.35. The molecule has 0 aromatic carbocycles. The minimum Gasteiger partial charge on any atom is -0.369 e. The van der Waals surface area contributed by atoms with E-state index in [2.05, 4.69) is 25.3 Å². The molecule has 26 heavy (non-hydrogen) atoms. The lowest BCUT2D eigenvalue weighted by atomic mass is 9.83. The predicted molar refractivity (Wildman–Crippen MR) is 95.0 cm³/mol. The van der Waals surface area contributed by atoms with E-state index in [0.29, 0.717) is 12.2 Å². The van der Waals surface area contributed by atoms with Crippen molar-refractivity contribution in [1.82, 2.24) is 25.3 Å². The van der Waals surface area contributed by atoms with E-state index in [9.17, 15) is 9.59 Å². The highest BCUT2D eigenvalue weighted by atomic mass is 16.2. The third-order valence-corrected chi connectivity index (χ3v) is 6.18. The number of hydrogen-bond acceptors (Lipinski definition) is 4. The van der Waals surface area contributed by atoms with Crippen LogP contribution >= 0.6 is 0 Å². The van der Waals surface area contributed by atoms with Crippen LogP contribution in [0, 0.1) is 5.41 Å². The minimum atomic E-state index is -0.418. The van der Waals surface area contributed by atoms with Gasteiger partial charge in [-0.25, -0.2) is 9.97 Å². The first-order chi connectivity index (χ1) is 12.5. The van der Waals surface area contributed by atoms with Gasteiger partial charge in [-0.15, -0.1) is 0 Å². The third kappa shape index (κ3) is 2.14. The van der Waals surface area contributed by atoms with Gasteiger partial charge in [-0.1, -0.05) is 0 Å². The van der Waals surface area contributed by atoms with Crippen molar-refractivity contribution in [2.45, 2.75) is 44.1 Å². The lowest BCUT2D eigenvalue weighted by Gasteiger charge is -2.28. The first-order valence-electron chi connectivity index (χ1n) is 8.90. The fourth-order valence-electron chi connectivity index (χ4n) is 4.81. The number of carbonyl (C=O) groups is 2. The molecule has 2 bridgehead atoms. The second-order valence-electron chi connectivity index (χ2n) is 7.77. The Kier molecular flexibility index (Phi) is 2.99. The number of pyridine rings is 1. The molecule has 8 nitrogen and oxygen atoms in total. The summed E-state index contributed by atoms with van der Waals surface area (Å²) in [6.45, 7) is 0. The highest BCUT2D eigenvalue weighted by Crippen LogP contribution is 2.56. The van der Waals surface area contributed by atoms with Crippen LogP contribution in [0.2, 0.25) is 0 Å². The largest absolute Gasteiger partial charge is 0.369 e. The number of aromatic amines is 2. The Morgan fingerprint density at radius 3 is 2.81 bits per heavy atom. The Labute approximate surface area is 149 Å². The molecule has 3 aromatic heterocycles. The van der Waals surface area contributed by atoms with E-state index in [-0.39, 0.29) is 23.8 Å². The van der Waals surface area contributed by atoms with Crippen molar-refractivity contribution in [1.29, 1.82) is 0 Å². The molecule has 5 rings (SSSR count). The smallest absolute Gasteiger partial charge is 0.228 e. The van der Waals surface area contributed by atoms with E-state index >= 15 is 0 Å². The van der Waals surface area contributed by atoms with Crippen molar-refractivity contribution in [2.24, 2.45) is 11.1 Å². The summed E-state index contributed by atoms with van der Waals surface area (Å²) in [6.07, 6.45) is 7.54. The van der Waals surface area contributed by atoms with Crippen LogP contribution in [0.4, 0.5) is 0 Å². The molecule has 0 spiro atoms. The summed E-state index contributed by atoms with van der Waals surface area (Å²) in [4.78, 5) is 39.5. The summed E-state index contributed by atoms with van der Waals surface area (Å²) < 4.78 is 0. The van der Waals surface area contributed by atoms with Gasteiger partial charge in [0, 0.05) is 17.1 Å². The van der Waals surface area contributed by atoms with Crippen molar-refractivity contribution in [3.63, 3.8) is 0 Å². The Morgan fingerprint density at radius 1 is 1.27 bits per heavy atom. The Bertz CT molecular complexity index is 1040. The van der Waals surface area contributed by atoms with E-state index in [1.54, 1.807) is 6.20 Å². The number of nitrogens with one attached hydrogen (secondary N) is 3. The number of nitrogens with two attached hydrogens (primary N) is 1. The maximum Gasteiger partial charge on any atom is 0.228 e. The molecule has 2 saturated carbocycles. The van der Waals surface area contributed by atoms with Crippen molar-refractivity contribution >= 4 is 33.9 Å². The summed E-state index contributed by atoms with van der Waals surface area (Å²) in [7, 11) is 0. The van der Waals surface area contributed by atoms with E-state index in [1.807, 2.05) is 12.3 Å². The number of H-pyrrole nitrogens is 2. The number of primary amides is 1. The summed E-state index contributed by atoms with van der Waals surface area (Å²) in [5.41, 5.74) is 7.29. The number of imidazole rings is 1. The topological polar surface area (TPSA) is 130 Å². The number of amides is 2. The van der Waals surface area contributed by atoms with Gasteiger partial charge in [0.1, 0.15) is 17.0 Å². The molecule has 2 amide bonds.